The van der Waals surface area contributed by atoms with Crippen molar-refractivity contribution in [3.8, 4) is 0 Å². The molecule has 0 unspecified atom stereocenters. The fraction of sp³-hybridized carbons (Fsp3) is 0.562. The van der Waals surface area contributed by atoms with E-state index in [4.69, 9.17) is 4.99 Å². The molecule has 0 aliphatic carbocycles. The van der Waals surface area contributed by atoms with Crippen molar-refractivity contribution in [2.75, 3.05) is 11.4 Å². The normalized spacial score (nSPS) is 25.6. The lowest BCUT2D eigenvalue weighted by Crippen LogP contribution is -2.45. The van der Waals surface area contributed by atoms with Gasteiger partial charge in [0.05, 0.1) is 11.7 Å². The van der Waals surface area contributed by atoms with Crippen LogP contribution >= 0.6 is 11.8 Å². The number of benzene rings is 1. The Labute approximate surface area is 120 Å². The number of hydrogen-bond donors (Lipinski definition) is 0. The maximum atomic E-state index is 5.07. The second-order valence-corrected chi connectivity index (χ2v) is 7.24. The van der Waals surface area contributed by atoms with E-state index in [1.165, 1.54) is 15.8 Å². The highest BCUT2D eigenvalue weighted by Gasteiger charge is 2.38. The van der Waals surface area contributed by atoms with Crippen LogP contribution in [0.25, 0.3) is 0 Å². The summed E-state index contributed by atoms with van der Waals surface area (Å²) in [6, 6.07) is 9.13. The molecule has 3 rings (SSSR count). The standard InChI is InChI=1S/C16H22N2S/c1-10(2)12-9-18-13-7-5-6-8-14(13)19-16(18)17-15(12)11(3)4/h5-8,10-12,15H,9H2,1-4H3/t12-,15+/m0/s1. The van der Waals surface area contributed by atoms with Crippen molar-refractivity contribution in [2.45, 2.75) is 38.6 Å². The predicted octanol–water partition coefficient (Wildman–Crippen LogP) is 4.27. The molecule has 102 valence electrons. The average Bonchev–Trinajstić information content (AvgIpc) is 2.74. The van der Waals surface area contributed by atoms with Gasteiger partial charge in [0.1, 0.15) is 0 Å². The first-order valence-electron chi connectivity index (χ1n) is 7.20. The Hall–Kier alpha value is -0.960. The van der Waals surface area contributed by atoms with Crippen molar-refractivity contribution in [3.05, 3.63) is 24.3 Å². The van der Waals surface area contributed by atoms with Crippen LogP contribution in [-0.4, -0.2) is 17.8 Å². The van der Waals surface area contributed by atoms with Gasteiger partial charge in [0, 0.05) is 17.4 Å². The topological polar surface area (TPSA) is 15.6 Å². The molecule has 1 aromatic carbocycles. The number of aliphatic imine (C=N–C) groups is 1. The molecule has 0 spiro atoms. The third-order valence-corrected chi connectivity index (χ3v) is 5.29. The molecule has 1 aromatic rings. The summed E-state index contributed by atoms with van der Waals surface area (Å²) in [6.07, 6.45) is 0. The Kier molecular flexibility index (Phi) is 3.34. The molecular formula is C16H22N2S. The van der Waals surface area contributed by atoms with Gasteiger partial charge in [0.25, 0.3) is 0 Å². The summed E-state index contributed by atoms with van der Waals surface area (Å²) >= 11 is 1.83. The van der Waals surface area contributed by atoms with E-state index in [0.29, 0.717) is 23.8 Å². The molecule has 0 bridgehead atoms. The van der Waals surface area contributed by atoms with Gasteiger partial charge < -0.3 is 4.90 Å². The van der Waals surface area contributed by atoms with Gasteiger partial charge in [-0.2, -0.15) is 0 Å². The molecule has 0 aromatic heterocycles. The molecule has 19 heavy (non-hydrogen) atoms. The first kappa shape index (κ1) is 13.0. The monoisotopic (exact) mass is 274 g/mol. The maximum absolute atomic E-state index is 5.07. The van der Waals surface area contributed by atoms with Gasteiger partial charge in [-0.3, -0.25) is 4.99 Å². The van der Waals surface area contributed by atoms with Crippen molar-refractivity contribution in [1.82, 2.24) is 0 Å². The largest absolute Gasteiger partial charge is 0.319 e. The number of nitrogens with zero attached hydrogens (tertiary/aromatic N) is 2. The minimum absolute atomic E-state index is 0.466. The smallest absolute Gasteiger partial charge is 0.169 e. The zero-order valence-corrected chi connectivity index (χ0v) is 12.9. The molecule has 2 nitrogen and oxygen atoms in total. The Morgan fingerprint density at radius 2 is 1.89 bits per heavy atom. The third-order valence-electron chi connectivity index (χ3n) is 4.22. The van der Waals surface area contributed by atoms with E-state index in [0.717, 1.165) is 6.54 Å². The number of thioether (sulfide) groups is 1. The molecule has 2 heterocycles. The predicted molar refractivity (Wildman–Crippen MR) is 84.0 cm³/mol. The highest BCUT2D eigenvalue weighted by atomic mass is 32.2. The summed E-state index contributed by atoms with van der Waals surface area (Å²) in [7, 11) is 0. The second-order valence-electron chi connectivity index (χ2n) is 6.23. The van der Waals surface area contributed by atoms with Gasteiger partial charge in [-0.25, -0.2) is 0 Å². The molecule has 2 aliphatic heterocycles. The highest BCUT2D eigenvalue weighted by Crippen LogP contribution is 2.44. The number of rotatable bonds is 2. The van der Waals surface area contributed by atoms with Crippen LogP contribution in [0.5, 0.6) is 0 Å². The van der Waals surface area contributed by atoms with Crippen LogP contribution in [0.2, 0.25) is 0 Å². The quantitative estimate of drug-likeness (QED) is 0.800. The average molecular weight is 274 g/mol. The van der Waals surface area contributed by atoms with Crippen molar-refractivity contribution in [1.29, 1.82) is 0 Å². The zero-order chi connectivity index (χ0) is 13.6. The minimum atomic E-state index is 0.466. The van der Waals surface area contributed by atoms with Gasteiger partial charge in [0.2, 0.25) is 0 Å². The molecule has 0 radical (unpaired) electrons. The maximum Gasteiger partial charge on any atom is 0.169 e. The number of para-hydroxylation sites is 1. The Morgan fingerprint density at radius 3 is 2.58 bits per heavy atom. The fourth-order valence-corrected chi connectivity index (χ4v) is 4.17. The zero-order valence-electron chi connectivity index (χ0n) is 12.1. The number of hydrogen-bond acceptors (Lipinski definition) is 3. The molecule has 0 amide bonds. The number of anilines is 1. The summed E-state index contributed by atoms with van der Waals surface area (Å²) in [5, 5.41) is 1.21. The van der Waals surface area contributed by atoms with Gasteiger partial charge in [0.15, 0.2) is 5.17 Å². The summed E-state index contributed by atoms with van der Waals surface area (Å²) in [5.41, 5.74) is 1.35. The van der Waals surface area contributed by atoms with Gasteiger partial charge in [-0.1, -0.05) is 39.8 Å². The summed E-state index contributed by atoms with van der Waals surface area (Å²) < 4.78 is 0. The molecule has 0 saturated heterocycles. The van der Waals surface area contributed by atoms with Crippen LogP contribution in [0.1, 0.15) is 27.7 Å². The van der Waals surface area contributed by atoms with E-state index in [-0.39, 0.29) is 0 Å². The molecule has 0 fully saturated rings. The molecular weight excluding hydrogens is 252 g/mol. The van der Waals surface area contributed by atoms with Gasteiger partial charge in [-0.05, 0) is 35.7 Å². The van der Waals surface area contributed by atoms with E-state index >= 15 is 0 Å². The lowest BCUT2D eigenvalue weighted by atomic mass is 9.82. The summed E-state index contributed by atoms with van der Waals surface area (Å²) in [6.45, 7) is 10.4. The van der Waals surface area contributed by atoms with Crippen LogP contribution in [0, 0.1) is 17.8 Å². The van der Waals surface area contributed by atoms with Crippen molar-refractivity contribution in [2.24, 2.45) is 22.7 Å². The molecule has 2 atom stereocenters. The number of fused-ring (bicyclic) bond motifs is 3. The van der Waals surface area contributed by atoms with Crippen molar-refractivity contribution in [3.63, 3.8) is 0 Å². The van der Waals surface area contributed by atoms with Crippen molar-refractivity contribution >= 4 is 22.6 Å². The Balaban J connectivity index is 1.99. The van der Waals surface area contributed by atoms with E-state index < -0.39 is 0 Å². The summed E-state index contributed by atoms with van der Waals surface area (Å²) in [4.78, 5) is 8.84. The van der Waals surface area contributed by atoms with Gasteiger partial charge in [-0.15, -0.1) is 0 Å². The van der Waals surface area contributed by atoms with Crippen LogP contribution in [0.4, 0.5) is 5.69 Å². The highest BCUT2D eigenvalue weighted by molar-refractivity contribution is 8.14. The van der Waals surface area contributed by atoms with Crippen LogP contribution in [0.3, 0.4) is 0 Å². The molecule has 0 saturated carbocycles. The second kappa shape index (κ2) is 4.86. The van der Waals surface area contributed by atoms with E-state index in [2.05, 4.69) is 56.9 Å². The Morgan fingerprint density at radius 1 is 1.16 bits per heavy atom. The van der Waals surface area contributed by atoms with Crippen LogP contribution < -0.4 is 4.90 Å². The van der Waals surface area contributed by atoms with E-state index in [1.54, 1.807) is 0 Å². The number of amidine groups is 1. The lowest BCUT2D eigenvalue weighted by molar-refractivity contribution is 0.269. The van der Waals surface area contributed by atoms with Crippen LogP contribution in [0.15, 0.2) is 34.2 Å². The molecule has 3 heteroatoms. The SMILES string of the molecule is CC(C)[C@H]1N=C2Sc3ccccc3N2C[C@H]1C(C)C. The van der Waals surface area contributed by atoms with Crippen molar-refractivity contribution < 1.29 is 0 Å². The first-order chi connectivity index (χ1) is 9.08. The lowest BCUT2D eigenvalue weighted by Gasteiger charge is -2.38. The van der Waals surface area contributed by atoms with E-state index in [1.807, 2.05) is 11.8 Å². The van der Waals surface area contributed by atoms with Crippen LogP contribution in [-0.2, 0) is 0 Å². The fourth-order valence-electron chi connectivity index (χ4n) is 3.09. The molecule has 2 aliphatic rings. The first-order valence-corrected chi connectivity index (χ1v) is 8.01. The summed E-state index contributed by atoms with van der Waals surface area (Å²) in [5.74, 6) is 1.94. The molecule has 0 N–H and O–H groups in total. The minimum Gasteiger partial charge on any atom is -0.319 e. The Bertz CT molecular complexity index is 507. The third kappa shape index (κ3) is 2.18. The van der Waals surface area contributed by atoms with Gasteiger partial charge >= 0.3 is 0 Å². The van der Waals surface area contributed by atoms with E-state index in [9.17, 15) is 0 Å².